The molecule has 5 heteroatoms. The minimum atomic E-state index is -0.152. The van der Waals surface area contributed by atoms with Crippen molar-refractivity contribution in [2.24, 2.45) is 0 Å². The maximum atomic E-state index is 12.7. The van der Waals surface area contributed by atoms with Crippen LogP contribution in [0.2, 0.25) is 0 Å². The molecule has 0 saturated carbocycles. The van der Waals surface area contributed by atoms with E-state index < -0.39 is 0 Å². The van der Waals surface area contributed by atoms with Crippen LogP contribution >= 0.6 is 0 Å². The van der Waals surface area contributed by atoms with Crippen LogP contribution in [-0.2, 0) is 0 Å². The van der Waals surface area contributed by atoms with Gasteiger partial charge in [0, 0.05) is 29.2 Å². The number of imidazole rings is 1. The first-order chi connectivity index (χ1) is 15.1. The van der Waals surface area contributed by atoms with Crippen LogP contribution < -0.4 is 10.1 Å². The Morgan fingerprint density at radius 1 is 1.06 bits per heavy atom. The summed E-state index contributed by atoms with van der Waals surface area (Å²) in [5.74, 6) is 0.636. The van der Waals surface area contributed by atoms with Gasteiger partial charge in [0.1, 0.15) is 11.4 Å². The van der Waals surface area contributed by atoms with Gasteiger partial charge in [-0.15, -0.1) is 0 Å². The van der Waals surface area contributed by atoms with Gasteiger partial charge in [0.25, 0.3) is 5.91 Å². The monoisotopic (exact) mass is 413 g/mol. The van der Waals surface area contributed by atoms with Crippen molar-refractivity contribution in [3.8, 4) is 17.0 Å². The smallest absolute Gasteiger partial charge is 0.255 e. The number of amides is 1. The normalized spacial score (nSPS) is 10.9. The topological polar surface area (TPSA) is 55.6 Å². The number of benzene rings is 2. The second kappa shape index (κ2) is 9.47. The molecule has 2 heterocycles. The number of fused-ring (bicyclic) bond motifs is 1. The molecule has 1 amide bonds. The molecular formula is C26H27N3O2. The number of aromatic nitrogens is 2. The fourth-order valence-electron chi connectivity index (χ4n) is 3.50. The van der Waals surface area contributed by atoms with Crippen LogP contribution in [0, 0.1) is 6.92 Å². The summed E-state index contributed by atoms with van der Waals surface area (Å²) >= 11 is 0. The summed E-state index contributed by atoms with van der Waals surface area (Å²) < 4.78 is 7.73. The molecule has 4 aromatic rings. The molecule has 0 spiro atoms. The van der Waals surface area contributed by atoms with Gasteiger partial charge in [-0.05, 0) is 61.4 Å². The summed E-state index contributed by atoms with van der Waals surface area (Å²) in [4.78, 5) is 17.4. The van der Waals surface area contributed by atoms with Gasteiger partial charge in [-0.25, -0.2) is 4.98 Å². The summed E-state index contributed by atoms with van der Waals surface area (Å²) in [5.41, 5.74) is 5.21. The van der Waals surface area contributed by atoms with E-state index in [1.165, 1.54) is 6.42 Å². The Labute approximate surface area is 182 Å². The number of nitrogens with zero attached hydrogens (tertiary/aromatic N) is 2. The highest BCUT2D eigenvalue weighted by molar-refractivity contribution is 6.04. The van der Waals surface area contributed by atoms with Crippen LogP contribution in [0.5, 0.6) is 5.75 Å². The number of aryl methyl sites for hydroxylation is 1. The van der Waals surface area contributed by atoms with Crippen molar-refractivity contribution >= 4 is 17.2 Å². The minimum Gasteiger partial charge on any atom is -0.494 e. The second-order valence-corrected chi connectivity index (χ2v) is 7.66. The van der Waals surface area contributed by atoms with E-state index in [0.717, 1.165) is 46.7 Å². The van der Waals surface area contributed by atoms with E-state index in [4.69, 9.17) is 9.72 Å². The number of nitrogens with one attached hydrogen (secondary N) is 1. The fraction of sp³-hybridized carbons (Fsp3) is 0.231. The molecule has 2 aromatic carbocycles. The van der Waals surface area contributed by atoms with Crippen molar-refractivity contribution in [2.45, 2.75) is 33.1 Å². The maximum Gasteiger partial charge on any atom is 0.255 e. The number of anilines is 1. The van der Waals surface area contributed by atoms with Gasteiger partial charge < -0.3 is 14.5 Å². The Morgan fingerprint density at radius 3 is 2.68 bits per heavy atom. The third kappa shape index (κ3) is 4.94. The number of hydrogen-bond acceptors (Lipinski definition) is 3. The molecule has 0 aliphatic rings. The molecular weight excluding hydrogens is 386 g/mol. The molecule has 5 nitrogen and oxygen atoms in total. The predicted molar refractivity (Wildman–Crippen MR) is 125 cm³/mol. The van der Waals surface area contributed by atoms with Crippen LogP contribution in [0.25, 0.3) is 16.9 Å². The quantitative estimate of drug-likeness (QED) is 0.354. The van der Waals surface area contributed by atoms with Crippen molar-refractivity contribution in [3.63, 3.8) is 0 Å². The lowest BCUT2D eigenvalue weighted by atomic mass is 10.1. The van der Waals surface area contributed by atoms with E-state index in [1.54, 1.807) is 12.1 Å². The molecule has 0 aliphatic carbocycles. The van der Waals surface area contributed by atoms with Gasteiger partial charge in [0.15, 0.2) is 0 Å². The van der Waals surface area contributed by atoms with Crippen molar-refractivity contribution in [3.05, 3.63) is 84.2 Å². The van der Waals surface area contributed by atoms with E-state index in [1.807, 2.05) is 72.2 Å². The second-order valence-electron chi connectivity index (χ2n) is 7.66. The van der Waals surface area contributed by atoms with Crippen LogP contribution in [0.15, 0.2) is 73.1 Å². The Balaban J connectivity index is 1.44. The first-order valence-corrected chi connectivity index (χ1v) is 10.7. The number of carbonyl (C=O) groups excluding carboxylic acids is 1. The first kappa shape index (κ1) is 20.7. The number of rotatable bonds is 8. The maximum absolute atomic E-state index is 12.7. The summed E-state index contributed by atoms with van der Waals surface area (Å²) in [7, 11) is 0. The van der Waals surface area contributed by atoms with Crippen molar-refractivity contribution in [1.82, 2.24) is 9.38 Å². The molecule has 0 bridgehead atoms. The first-order valence-electron chi connectivity index (χ1n) is 10.7. The highest BCUT2D eigenvalue weighted by Crippen LogP contribution is 2.24. The predicted octanol–water partition coefficient (Wildman–Crippen LogP) is 6.13. The highest BCUT2D eigenvalue weighted by Gasteiger charge is 2.10. The fourth-order valence-corrected chi connectivity index (χ4v) is 3.50. The molecule has 0 unspecified atom stereocenters. The highest BCUT2D eigenvalue weighted by atomic mass is 16.5. The molecule has 4 rings (SSSR count). The molecule has 0 atom stereocenters. The summed E-state index contributed by atoms with van der Waals surface area (Å²) in [5, 5.41) is 2.98. The molecule has 1 N–H and O–H groups in total. The molecule has 2 aromatic heterocycles. The lowest BCUT2D eigenvalue weighted by molar-refractivity contribution is 0.102. The molecule has 0 radical (unpaired) electrons. The van der Waals surface area contributed by atoms with Crippen molar-refractivity contribution < 1.29 is 9.53 Å². The third-order valence-electron chi connectivity index (χ3n) is 5.23. The van der Waals surface area contributed by atoms with E-state index in [9.17, 15) is 4.79 Å². The zero-order valence-electron chi connectivity index (χ0n) is 18.0. The van der Waals surface area contributed by atoms with Crippen molar-refractivity contribution in [2.75, 3.05) is 11.9 Å². The Hall–Kier alpha value is -3.60. The lowest BCUT2D eigenvalue weighted by Crippen LogP contribution is -2.11. The van der Waals surface area contributed by atoms with Crippen LogP contribution in [-0.4, -0.2) is 21.9 Å². The van der Waals surface area contributed by atoms with Crippen LogP contribution in [0.1, 0.15) is 42.1 Å². The minimum absolute atomic E-state index is 0.152. The molecule has 0 aliphatic heterocycles. The lowest BCUT2D eigenvalue weighted by Gasteiger charge is -2.08. The van der Waals surface area contributed by atoms with Gasteiger partial charge in [0.05, 0.1) is 12.3 Å². The van der Waals surface area contributed by atoms with E-state index in [0.29, 0.717) is 12.2 Å². The number of carbonyl (C=O) groups is 1. The standard InChI is InChI=1S/C26H27N3O2/c1-3-4-5-16-31-23-13-11-20(12-14-23)26(30)27-22-10-6-9-21(17-22)24-18-29-15-7-8-19(2)25(29)28-24/h6-15,17-18H,3-5,16H2,1-2H3,(H,27,30). The van der Waals surface area contributed by atoms with Crippen molar-refractivity contribution in [1.29, 1.82) is 0 Å². The average molecular weight is 414 g/mol. The number of pyridine rings is 1. The van der Waals surface area contributed by atoms with E-state index in [-0.39, 0.29) is 5.91 Å². The Kier molecular flexibility index (Phi) is 6.32. The molecule has 31 heavy (non-hydrogen) atoms. The molecule has 0 fully saturated rings. The average Bonchev–Trinajstić information content (AvgIpc) is 3.23. The molecule has 158 valence electrons. The zero-order chi connectivity index (χ0) is 21.6. The number of ether oxygens (including phenoxy) is 1. The third-order valence-corrected chi connectivity index (χ3v) is 5.23. The summed E-state index contributed by atoms with van der Waals surface area (Å²) in [6.45, 7) is 4.92. The summed E-state index contributed by atoms with van der Waals surface area (Å²) in [6.07, 6.45) is 7.36. The van der Waals surface area contributed by atoms with E-state index in [2.05, 4.69) is 12.2 Å². The van der Waals surface area contributed by atoms with Gasteiger partial charge in [-0.3, -0.25) is 4.79 Å². The van der Waals surface area contributed by atoms with Crippen LogP contribution in [0.4, 0.5) is 5.69 Å². The zero-order valence-corrected chi connectivity index (χ0v) is 18.0. The van der Waals surface area contributed by atoms with Crippen LogP contribution in [0.3, 0.4) is 0 Å². The number of unbranched alkanes of at least 4 members (excludes halogenated alkanes) is 2. The van der Waals surface area contributed by atoms with Gasteiger partial charge in [-0.1, -0.05) is 38.0 Å². The van der Waals surface area contributed by atoms with Gasteiger partial charge in [0.2, 0.25) is 0 Å². The number of hydrogen-bond donors (Lipinski definition) is 1. The Bertz CT molecular complexity index is 1180. The van der Waals surface area contributed by atoms with Gasteiger partial charge >= 0.3 is 0 Å². The largest absolute Gasteiger partial charge is 0.494 e. The summed E-state index contributed by atoms with van der Waals surface area (Å²) in [6, 6.07) is 19.1. The Morgan fingerprint density at radius 2 is 1.90 bits per heavy atom. The SMILES string of the molecule is CCCCCOc1ccc(C(=O)Nc2cccc(-c3cn4cccc(C)c4n3)c2)cc1. The van der Waals surface area contributed by atoms with Gasteiger partial charge in [-0.2, -0.15) is 0 Å². The molecule has 0 saturated heterocycles. The van der Waals surface area contributed by atoms with E-state index >= 15 is 0 Å².